The zero-order valence-electron chi connectivity index (χ0n) is 8.54. The first-order valence-electron chi connectivity index (χ1n) is 5.56. The molecule has 0 aromatic heterocycles. The summed E-state index contributed by atoms with van der Waals surface area (Å²) in [6.45, 7) is 2.11. The number of nitrogens with zero attached hydrogens (tertiary/aromatic N) is 1. The van der Waals surface area contributed by atoms with Gasteiger partial charge in [-0.25, -0.2) is 4.79 Å². The van der Waals surface area contributed by atoms with E-state index in [1.807, 2.05) is 0 Å². The van der Waals surface area contributed by atoms with Gasteiger partial charge in [0, 0.05) is 25.2 Å². The van der Waals surface area contributed by atoms with E-state index in [4.69, 9.17) is 5.73 Å². The zero-order valence-corrected chi connectivity index (χ0v) is 8.54. The van der Waals surface area contributed by atoms with Gasteiger partial charge in [-0.15, -0.1) is 0 Å². The molecule has 0 unspecified atom stereocenters. The first kappa shape index (κ1) is 9.77. The molecule has 0 aromatic carbocycles. The number of primary amides is 1. The average molecular weight is 197 g/mol. The topological polar surface area (TPSA) is 58.4 Å². The molecule has 1 aliphatic heterocycles. The Morgan fingerprint density at radius 2 is 2.00 bits per heavy atom. The fourth-order valence-corrected chi connectivity index (χ4v) is 2.71. The number of likely N-dealkylation sites (tertiary alicyclic amines) is 1. The zero-order chi connectivity index (χ0) is 9.97. The molecule has 1 saturated heterocycles. The summed E-state index contributed by atoms with van der Waals surface area (Å²) >= 11 is 0. The third-order valence-electron chi connectivity index (χ3n) is 3.41. The monoisotopic (exact) mass is 197 g/mol. The smallest absolute Gasteiger partial charge is 0.312 e. The van der Waals surface area contributed by atoms with Crippen molar-refractivity contribution in [1.29, 1.82) is 0 Å². The number of nitrogens with one attached hydrogen (secondary N) is 1. The van der Waals surface area contributed by atoms with Gasteiger partial charge in [-0.05, 0) is 19.3 Å². The molecular formula is C10H19N3O. The Labute approximate surface area is 84.8 Å². The van der Waals surface area contributed by atoms with E-state index in [-0.39, 0.29) is 12.1 Å². The second-order valence-electron chi connectivity index (χ2n) is 4.43. The predicted molar refractivity (Wildman–Crippen MR) is 55.0 cm³/mol. The molecule has 2 rings (SSSR count). The van der Waals surface area contributed by atoms with Gasteiger partial charge in [0.1, 0.15) is 0 Å². The Morgan fingerprint density at radius 3 is 2.64 bits per heavy atom. The van der Waals surface area contributed by atoms with Gasteiger partial charge >= 0.3 is 6.03 Å². The molecule has 1 aliphatic carbocycles. The molecule has 0 bridgehead atoms. The van der Waals surface area contributed by atoms with Crippen molar-refractivity contribution in [3.8, 4) is 0 Å². The molecule has 0 radical (unpaired) electrons. The number of amides is 2. The highest BCUT2D eigenvalue weighted by Crippen LogP contribution is 2.26. The molecule has 3 N–H and O–H groups in total. The number of hydrogen-bond donors (Lipinski definition) is 2. The summed E-state index contributed by atoms with van der Waals surface area (Å²) in [6, 6.07) is 0.672. The summed E-state index contributed by atoms with van der Waals surface area (Å²) in [5, 5.41) is 2.79. The van der Waals surface area contributed by atoms with E-state index in [2.05, 4.69) is 10.2 Å². The summed E-state index contributed by atoms with van der Waals surface area (Å²) in [6.07, 6.45) is 6.47. The molecule has 2 amide bonds. The first-order valence-corrected chi connectivity index (χ1v) is 5.56. The maximum atomic E-state index is 10.7. The molecule has 1 heterocycles. The molecule has 0 aromatic rings. The van der Waals surface area contributed by atoms with Crippen molar-refractivity contribution in [3.63, 3.8) is 0 Å². The minimum atomic E-state index is -0.386. The standard InChI is InChI=1S/C10H19N3O/c11-10(14)12-8-5-6-13(7-8)9-3-1-2-4-9/h8-9H,1-7H2,(H3,11,12,14)/t8-/m0/s1. The van der Waals surface area contributed by atoms with Crippen LogP contribution in [0.3, 0.4) is 0 Å². The van der Waals surface area contributed by atoms with Gasteiger partial charge in [-0.2, -0.15) is 0 Å². The van der Waals surface area contributed by atoms with Crippen LogP contribution in [0.5, 0.6) is 0 Å². The number of urea groups is 1. The Bertz CT molecular complexity index is 213. The minimum Gasteiger partial charge on any atom is -0.352 e. The lowest BCUT2D eigenvalue weighted by atomic mass is 10.2. The molecule has 4 nitrogen and oxygen atoms in total. The largest absolute Gasteiger partial charge is 0.352 e. The second kappa shape index (κ2) is 4.17. The summed E-state index contributed by atoms with van der Waals surface area (Å²) in [7, 11) is 0. The van der Waals surface area contributed by atoms with Crippen molar-refractivity contribution in [3.05, 3.63) is 0 Å². The molecule has 2 aliphatic rings. The van der Waals surface area contributed by atoms with E-state index < -0.39 is 0 Å². The Morgan fingerprint density at radius 1 is 1.29 bits per heavy atom. The van der Waals surface area contributed by atoms with Gasteiger partial charge in [0.2, 0.25) is 0 Å². The van der Waals surface area contributed by atoms with Gasteiger partial charge in [0.25, 0.3) is 0 Å². The number of carbonyl (C=O) groups excluding carboxylic acids is 1. The van der Waals surface area contributed by atoms with Crippen molar-refractivity contribution in [2.75, 3.05) is 13.1 Å². The number of hydrogen-bond acceptors (Lipinski definition) is 2. The highest BCUT2D eigenvalue weighted by atomic mass is 16.2. The third-order valence-corrected chi connectivity index (χ3v) is 3.41. The van der Waals surface area contributed by atoms with Gasteiger partial charge in [0.15, 0.2) is 0 Å². The van der Waals surface area contributed by atoms with Crippen LogP contribution in [0.1, 0.15) is 32.1 Å². The molecule has 0 spiro atoms. The maximum absolute atomic E-state index is 10.7. The van der Waals surface area contributed by atoms with Gasteiger partial charge < -0.3 is 11.1 Å². The van der Waals surface area contributed by atoms with Crippen molar-refractivity contribution in [1.82, 2.24) is 10.2 Å². The quantitative estimate of drug-likeness (QED) is 0.683. The number of carbonyl (C=O) groups is 1. The van der Waals surface area contributed by atoms with Crippen LogP contribution in [0.2, 0.25) is 0 Å². The van der Waals surface area contributed by atoms with Gasteiger partial charge in [-0.3, -0.25) is 4.90 Å². The number of rotatable bonds is 2. The van der Waals surface area contributed by atoms with E-state index in [1.165, 1.54) is 25.7 Å². The van der Waals surface area contributed by atoms with Gasteiger partial charge in [-0.1, -0.05) is 12.8 Å². The van der Waals surface area contributed by atoms with E-state index >= 15 is 0 Å². The fourth-order valence-electron chi connectivity index (χ4n) is 2.71. The van der Waals surface area contributed by atoms with Crippen LogP contribution in [0.15, 0.2) is 0 Å². The molecular weight excluding hydrogens is 178 g/mol. The van der Waals surface area contributed by atoms with Crippen LogP contribution in [-0.2, 0) is 0 Å². The predicted octanol–water partition coefficient (Wildman–Crippen LogP) is 0.672. The first-order chi connectivity index (χ1) is 6.75. The minimum absolute atomic E-state index is 0.285. The third kappa shape index (κ3) is 2.18. The highest BCUT2D eigenvalue weighted by Gasteiger charge is 2.30. The van der Waals surface area contributed by atoms with E-state index in [9.17, 15) is 4.79 Å². The van der Waals surface area contributed by atoms with Crippen molar-refractivity contribution < 1.29 is 4.79 Å². The Kier molecular flexibility index (Phi) is 2.91. The van der Waals surface area contributed by atoms with E-state index in [1.54, 1.807) is 0 Å². The van der Waals surface area contributed by atoms with E-state index in [0.717, 1.165) is 25.6 Å². The van der Waals surface area contributed by atoms with Crippen LogP contribution in [0.25, 0.3) is 0 Å². The SMILES string of the molecule is NC(=O)N[C@H]1CCN(C2CCCC2)C1. The highest BCUT2D eigenvalue weighted by molar-refractivity contribution is 5.72. The van der Waals surface area contributed by atoms with Crippen molar-refractivity contribution >= 4 is 6.03 Å². The van der Waals surface area contributed by atoms with Crippen molar-refractivity contribution in [2.24, 2.45) is 5.73 Å². The molecule has 80 valence electrons. The fraction of sp³-hybridized carbons (Fsp3) is 0.900. The van der Waals surface area contributed by atoms with E-state index in [0.29, 0.717) is 0 Å². The summed E-state index contributed by atoms with van der Waals surface area (Å²) < 4.78 is 0. The molecule has 1 saturated carbocycles. The normalized spacial score (nSPS) is 29.6. The molecule has 2 fully saturated rings. The van der Waals surface area contributed by atoms with Crippen LogP contribution in [-0.4, -0.2) is 36.1 Å². The van der Waals surface area contributed by atoms with Crippen LogP contribution in [0.4, 0.5) is 4.79 Å². The average Bonchev–Trinajstić information content (AvgIpc) is 2.69. The summed E-state index contributed by atoms with van der Waals surface area (Å²) in [5.74, 6) is 0. The lowest BCUT2D eigenvalue weighted by molar-refractivity contribution is 0.232. The summed E-state index contributed by atoms with van der Waals surface area (Å²) in [5.41, 5.74) is 5.10. The lowest BCUT2D eigenvalue weighted by Gasteiger charge is -2.23. The maximum Gasteiger partial charge on any atom is 0.312 e. The molecule has 1 atom stereocenters. The Balaban J connectivity index is 1.78. The second-order valence-corrected chi connectivity index (χ2v) is 4.43. The Hall–Kier alpha value is -0.770. The van der Waals surface area contributed by atoms with Gasteiger partial charge in [0.05, 0.1) is 0 Å². The molecule has 14 heavy (non-hydrogen) atoms. The summed E-state index contributed by atoms with van der Waals surface area (Å²) in [4.78, 5) is 13.2. The van der Waals surface area contributed by atoms with Crippen LogP contribution in [0, 0.1) is 0 Å². The number of nitrogens with two attached hydrogens (primary N) is 1. The van der Waals surface area contributed by atoms with Crippen molar-refractivity contribution in [2.45, 2.75) is 44.2 Å². The van der Waals surface area contributed by atoms with Crippen LogP contribution < -0.4 is 11.1 Å². The van der Waals surface area contributed by atoms with Crippen LogP contribution >= 0.6 is 0 Å². The lowest BCUT2D eigenvalue weighted by Crippen LogP contribution is -2.41. The molecule has 4 heteroatoms.